The Morgan fingerprint density at radius 2 is 2.07 bits per heavy atom. The summed E-state index contributed by atoms with van der Waals surface area (Å²) >= 11 is 5.66. The monoisotopic (exact) mass is 218 g/mol. The van der Waals surface area contributed by atoms with Crippen LogP contribution in [0.4, 0.5) is 4.39 Å². The molecule has 0 radical (unpaired) electrons. The highest BCUT2D eigenvalue weighted by atomic mass is 35.5. The standard InChI is InChI=1S/C9H8ClFO3/c1-13-8-6(9(12)14-2)3-5(11)4-7(8)10/h3-4H,1-2H3. The zero-order chi connectivity index (χ0) is 10.7. The maximum atomic E-state index is 12.9. The number of rotatable bonds is 2. The second-order valence-corrected chi connectivity index (χ2v) is 2.87. The molecule has 0 bridgehead atoms. The fourth-order valence-corrected chi connectivity index (χ4v) is 1.31. The molecule has 0 spiro atoms. The summed E-state index contributed by atoms with van der Waals surface area (Å²) in [6.45, 7) is 0. The second kappa shape index (κ2) is 4.28. The van der Waals surface area contributed by atoms with Crippen LogP contribution in [-0.4, -0.2) is 20.2 Å². The molecule has 14 heavy (non-hydrogen) atoms. The Labute approximate surface area is 85.4 Å². The Kier molecular flexibility index (Phi) is 3.30. The van der Waals surface area contributed by atoms with Crippen molar-refractivity contribution in [1.82, 2.24) is 0 Å². The lowest BCUT2D eigenvalue weighted by Gasteiger charge is -2.08. The topological polar surface area (TPSA) is 35.5 Å². The molecular weight excluding hydrogens is 211 g/mol. The fraction of sp³-hybridized carbons (Fsp3) is 0.222. The van der Waals surface area contributed by atoms with Gasteiger partial charge in [-0.25, -0.2) is 9.18 Å². The molecule has 3 nitrogen and oxygen atoms in total. The first-order chi connectivity index (χ1) is 6.60. The average molecular weight is 219 g/mol. The molecule has 0 atom stereocenters. The first-order valence-corrected chi connectivity index (χ1v) is 4.09. The second-order valence-electron chi connectivity index (χ2n) is 2.46. The average Bonchev–Trinajstić information content (AvgIpc) is 2.15. The maximum Gasteiger partial charge on any atom is 0.341 e. The molecule has 0 unspecified atom stereocenters. The van der Waals surface area contributed by atoms with Crippen molar-refractivity contribution in [3.63, 3.8) is 0 Å². The van der Waals surface area contributed by atoms with Crippen LogP contribution in [0.25, 0.3) is 0 Å². The van der Waals surface area contributed by atoms with Gasteiger partial charge in [-0.15, -0.1) is 0 Å². The van der Waals surface area contributed by atoms with Gasteiger partial charge < -0.3 is 9.47 Å². The van der Waals surface area contributed by atoms with Crippen molar-refractivity contribution in [2.75, 3.05) is 14.2 Å². The molecule has 1 aromatic rings. The predicted molar refractivity (Wildman–Crippen MR) is 49.3 cm³/mol. The molecule has 5 heteroatoms. The van der Waals surface area contributed by atoms with E-state index in [-0.39, 0.29) is 16.3 Å². The highest BCUT2D eigenvalue weighted by Crippen LogP contribution is 2.30. The van der Waals surface area contributed by atoms with Gasteiger partial charge in [0.1, 0.15) is 11.4 Å². The summed E-state index contributed by atoms with van der Waals surface area (Å²) in [7, 11) is 2.53. The molecule has 76 valence electrons. The van der Waals surface area contributed by atoms with Gasteiger partial charge in [0.15, 0.2) is 5.75 Å². The maximum absolute atomic E-state index is 12.9. The van der Waals surface area contributed by atoms with Crippen LogP contribution in [-0.2, 0) is 4.74 Å². The van der Waals surface area contributed by atoms with E-state index in [4.69, 9.17) is 16.3 Å². The van der Waals surface area contributed by atoms with E-state index >= 15 is 0 Å². The third-order valence-corrected chi connectivity index (χ3v) is 1.90. The lowest BCUT2D eigenvalue weighted by atomic mass is 10.2. The molecule has 0 saturated heterocycles. The summed E-state index contributed by atoms with van der Waals surface area (Å²) in [6.07, 6.45) is 0. The highest BCUT2D eigenvalue weighted by Gasteiger charge is 2.17. The lowest BCUT2D eigenvalue weighted by Crippen LogP contribution is -2.05. The third-order valence-electron chi connectivity index (χ3n) is 1.62. The van der Waals surface area contributed by atoms with Gasteiger partial charge in [-0.2, -0.15) is 0 Å². The largest absolute Gasteiger partial charge is 0.494 e. The lowest BCUT2D eigenvalue weighted by molar-refractivity contribution is 0.0596. The number of benzene rings is 1. The smallest absolute Gasteiger partial charge is 0.341 e. The van der Waals surface area contributed by atoms with Crippen molar-refractivity contribution in [2.45, 2.75) is 0 Å². The number of ether oxygens (including phenoxy) is 2. The minimum Gasteiger partial charge on any atom is -0.494 e. The zero-order valence-corrected chi connectivity index (χ0v) is 8.39. The molecule has 1 rings (SSSR count). The Morgan fingerprint density at radius 1 is 1.43 bits per heavy atom. The van der Waals surface area contributed by atoms with E-state index in [1.807, 2.05) is 0 Å². The number of carbonyl (C=O) groups is 1. The summed E-state index contributed by atoms with van der Waals surface area (Å²) in [4.78, 5) is 11.2. The van der Waals surface area contributed by atoms with Gasteiger partial charge >= 0.3 is 5.97 Å². The van der Waals surface area contributed by atoms with Gasteiger partial charge in [0.2, 0.25) is 0 Å². The van der Waals surface area contributed by atoms with Crippen molar-refractivity contribution in [2.24, 2.45) is 0 Å². The van der Waals surface area contributed by atoms with Crippen molar-refractivity contribution in [1.29, 1.82) is 0 Å². The van der Waals surface area contributed by atoms with Gasteiger partial charge in [-0.3, -0.25) is 0 Å². The molecule has 0 amide bonds. The van der Waals surface area contributed by atoms with Crippen molar-refractivity contribution in [3.05, 3.63) is 28.5 Å². The molecule has 0 fully saturated rings. The molecule has 0 aliphatic rings. The summed E-state index contributed by atoms with van der Waals surface area (Å²) in [5.74, 6) is -1.20. The molecule has 1 aromatic carbocycles. The summed E-state index contributed by atoms with van der Waals surface area (Å²) in [5, 5.41) is 0.0351. The Hall–Kier alpha value is -1.29. The number of halogens is 2. The summed E-state index contributed by atoms with van der Waals surface area (Å²) in [6, 6.07) is 2.07. The van der Waals surface area contributed by atoms with E-state index in [1.54, 1.807) is 0 Å². The van der Waals surface area contributed by atoms with Crippen LogP contribution in [0.2, 0.25) is 5.02 Å². The van der Waals surface area contributed by atoms with Crippen molar-refractivity contribution in [3.8, 4) is 5.75 Å². The number of carbonyl (C=O) groups excluding carboxylic acids is 1. The number of esters is 1. The van der Waals surface area contributed by atoms with E-state index in [1.165, 1.54) is 14.2 Å². The van der Waals surface area contributed by atoms with Crippen LogP contribution in [0.15, 0.2) is 12.1 Å². The zero-order valence-electron chi connectivity index (χ0n) is 7.64. The van der Waals surface area contributed by atoms with Crippen LogP contribution in [0, 0.1) is 5.82 Å². The van der Waals surface area contributed by atoms with Gasteiger partial charge in [0, 0.05) is 0 Å². The summed E-state index contributed by atoms with van der Waals surface area (Å²) in [5.41, 5.74) is -0.0278. The van der Waals surface area contributed by atoms with E-state index in [9.17, 15) is 9.18 Å². The van der Waals surface area contributed by atoms with E-state index in [2.05, 4.69) is 4.74 Å². The number of hydrogen-bond acceptors (Lipinski definition) is 3. The fourth-order valence-electron chi connectivity index (χ4n) is 1.03. The van der Waals surface area contributed by atoms with Crippen LogP contribution < -0.4 is 4.74 Å². The van der Waals surface area contributed by atoms with E-state index in [0.717, 1.165) is 12.1 Å². The quantitative estimate of drug-likeness (QED) is 0.715. The molecule has 0 N–H and O–H groups in total. The van der Waals surface area contributed by atoms with Crippen molar-refractivity contribution >= 4 is 17.6 Å². The molecule has 0 saturated carbocycles. The van der Waals surface area contributed by atoms with E-state index in [0.29, 0.717) is 0 Å². The van der Waals surface area contributed by atoms with Gasteiger partial charge in [-0.05, 0) is 12.1 Å². The van der Waals surface area contributed by atoms with Crippen LogP contribution in [0.1, 0.15) is 10.4 Å². The minimum absolute atomic E-state index is 0.0278. The van der Waals surface area contributed by atoms with Gasteiger partial charge in [0.25, 0.3) is 0 Å². The Bertz CT molecular complexity index is 365. The minimum atomic E-state index is -0.691. The Balaban J connectivity index is 3.32. The van der Waals surface area contributed by atoms with E-state index < -0.39 is 11.8 Å². The van der Waals surface area contributed by atoms with Crippen LogP contribution in [0.5, 0.6) is 5.75 Å². The molecule has 0 aliphatic carbocycles. The Morgan fingerprint density at radius 3 is 2.57 bits per heavy atom. The first kappa shape index (κ1) is 10.8. The molecular formula is C9H8ClFO3. The number of hydrogen-bond donors (Lipinski definition) is 0. The summed E-state index contributed by atoms with van der Waals surface area (Å²) < 4.78 is 22.2. The van der Waals surface area contributed by atoms with Crippen LogP contribution >= 0.6 is 11.6 Å². The van der Waals surface area contributed by atoms with Crippen LogP contribution in [0.3, 0.4) is 0 Å². The molecule has 0 aliphatic heterocycles. The normalized spacial score (nSPS) is 9.71. The number of methoxy groups -OCH3 is 2. The third kappa shape index (κ3) is 1.96. The molecule has 0 aromatic heterocycles. The SMILES string of the molecule is COC(=O)c1cc(F)cc(Cl)c1OC. The first-order valence-electron chi connectivity index (χ1n) is 3.71. The predicted octanol–water partition coefficient (Wildman–Crippen LogP) is 2.27. The highest BCUT2D eigenvalue weighted by molar-refractivity contribution is 6.32. The van der Waals surface area contributed by atoms with Crippen molar-refractivity contribution < 1.29 is 18.7 Å². The van der Waals surface area contributed by atoms with Gasteiger partial charge in [0.05, 0.1) is 19.2 Å². The van der Waals surface area contributed by atoms with Gasteiger partial charge in [-0.1, -0.05) is 11.6 Å². The molecule has 0 heterocycles.